The molecular weight excluding hydrogens is 332 g/mol. The number of piperidine rings is 1. The summed E-state index contributed by atoms with van der Waals surface area (Å²) in [7, 11) is 2.06. The van der Waals surface area contributed by atoms with Crippen LogP contribution in [0.5, 0.6) is 0 Å². The number of nitrogens with zero attached hydrogens (tertiary/aromatic N) is 4. The minimum absolute atomic E-state index is 0.0219. The predicted molar refractivity (Wildman–Crippen MR) is 94.7 cm³/mol. The Labute approximate surface area is 149 Å². The lowest BCUT2D eigenvalue weighted by Gasteiger charge is -2.33. The summed E-state index contributed by atoms with van der Waals surface area (Å²) >= 11 is 0. The van der Waals surface area contributed by atoms with E-state index in [1.807, 2.05) is 0 Å². The molecular formula is C18H18N6O2. The standard InChI is InChI=1S/C18H18N6O2/c1-23-4-2-11(3-5-23)24-17(25)12-6-14-15(7-13(12)18(24)26)22-16(21-14)10-8-19-20-9-10/h6-9,11H,2-5H2,1H3,(H,19,20)(H,21,22). The summed E-state index contributed by atoms with van der Waals surface area (Å²) in [5.74, 6) is 0.264. The second kappa shape index (κ2) is 5.50. The van der Waals surface area contributed by atoms with E-state index in [9.17, 15) is 9.59 Å². The van der Waals surface area contributed by atoms with Crippen LogP contribution >= 0.6 is 0 Å². The van der Waals surface area contributed by atoms with Crippen molar-refractivity contribution in [2.24, 2.45) is 0 Å². The molecule has 0 atom stereocenters. The summed E-state index contributed by atoms with van der Waals surface area (Å²) in [6.07, 6.45) is 5.05. The molecule has 132 valence electrons. The van der Waals surface area contributed by atoms with Gasteiger partial charge in [-0.25, -0.2) is 4.98 Å². The van der Waals surface area contributed by atoms with Crippen molar-refractivity contribution >= 4 is 22.8 Å². The third kappa shape index (κ3) is 2.19. The lowest BCUT2D eigenvalue weighted by atomic mass is 10.0. The van der Waals surface area contributed by atoms with Gasteiger partial charge >= 0.3 is 0 Å². The lowest BCUT2D eigenvalue weighted by molar-refractivity contribution is 0.0516. The van der Waals surface area contributed by atoms with Crippen LogP contribution in [0.2, 0.25) is 0 Å². The fraction of sp³-hybridized carbons (Fsp3) is 0.333. The van der Waals surface area contributed by atoms with Crippen LogP contribution in [-0.2, 0) is 0 Å². The second-order valence-corrected chi connectivity index (χ2v) is 7.00. The first kappa shape index (κ1) is 15.3. The summed E-state index contributed by atoms with van der Waals surface area (Å²) in [5.41, 5.74) is 3.15. The minimum atomic E-state index is -0.200. The SMILES string of the molecule is CN1CCC(N2C(=O)c3cc4nc(-c5cn[nH]c5)[nH]c4cc3C2=O)CC1. The zero-order valence-electron chi connectivity index (χ0n) is 14.3. The molecule has 26 heavy (non-hydrogen) atoms. The molecule has 8 nitrogen and oxygen atoms in total. The van der Waals surface area contributed by atoms with Crippen molar-refractivity contribution < 1.29 is 9.59 Å². The molecule has 1 fully saturated rings. The maximum atomic E-state index is 12.9. The van der Waals surface area contributed by atoms with Gasteiger partial charge in [-0.3, -0.25) is 19.6 Å². The molecule has 0 spiro atoms. The van der Waals surface area contributed by atoms with Gasteiger partial charge in [0.05, 0.1) is 33.9 Å². The molecule has 8 heteroatoms. The fourth-order valence-electron chi connectivity index (χ4n) is 3.86. The second-order valence-electron chi connectivity index (χ2n) is 7.00. The molecule has 1 aromatic carbocycles. The van der Waals surface area contributed by atoms with Crippen LogP contribution in [0, 0.1) is 0 Å². The van der Waals surface area contributed by atoms with Crippen LogP contribution in [0.4, 0.5) is 0 Å². The Morgan fingerprint density at radius 1 is 1.12 bits per heavy atom. The number of nitrogens with one attached hydrogen (secondary N) is 2. The predicted octanol–water partition coefficient (Wildman–Crippen LogP) is 1.64. The van der Waals surface area contributed by atoms with Crippen molar-refractivity contribution in [2.45, 2.75) is 18.9 Å². The number of H-pyrrole nitrogens is 2. The number of hydrogen-bond donors (Lipinski definition) is 2. The van der Waals surface area contributed by atoms with Crippen molar-refractivity contribution in [3.63, 3.8) is 0 Å². The topological polar surface area (TPSA) is 98.0 Å². The average molecular weight is 350 g/mol. The number of rotatable bonds is 2. The van der Waals surface area contributed by atoms with Gasteiger partial charge in [0.1, 0.15) is 5.82 Å². The molecule has 4 heterocycles. The number of likely N-dealkylation sites (tertiary alicyclic amines) is 1. The third-order valence-corrected chi connectivity index (χ3v) is 5.34. The summed E-state index contributed by atoms with van der Waals surface area (Å²) < 4.78 is 0. The molecule has 2 amide bonds. The van der Waals surface area contributed by atoms with Crippen LogP contribution in [0.3, 0.4) is 0 Å². The zero-order chi connectivity index (χ0) is 17.8. The van der Waals surface area contributed by atoms with Crippen molar-refractivity contribution in [1.29, 1.82) is 0 Å². The van der Waals surface area contributed by atoms with E-state index in [-0.39, 0.29) is 17.9 Å². The molecule has 2 aromatic heterocycles. The molecule has 0 saturated carbocycles. The molecule has 2 N–H and O–H groups in total. The number of imidazole rings is 1. The summed E-state index contributed by atoms with van der Waals surface area (Å²) in [6.45, 7) is 1.79. The number of hydrogen-bond acceptors (Lipinski definition) is 5. The van der Waals surface area contributed by atoms with E-state index in [2.05, 4.69) is 32.1 Å². The van der Waals surface area contributed by atoms with Crippen LogP contribution in [0.25, 0.3) is 22.4 Å². The Balaban J connectivity index is 1.52. The van der Waals surface area contributed by atoms with Gasteiger partial charge in [-0.05, 0) is 45.1 Å². The Hall–Kier alpha value is -3.00. The van der Waals surface area contributed by atoms with E-state index in [1.54, 1.807) is 24.5 Å². The average Bonchev–Trinajstić information content (AvgIpc) is 3.34. The summed E-state index contributed by atoms with van der Waals surface area (Å²) in [4.78, 5) is 37.2. The van der Waals surface area contributed by atoms with E-state index in [4.69, 9.17) is 0 Å². The van der Waals surface area contributed by atoms with Crippen LogP contribution < -0.4 is 0 Å². The van der Waals surface area contributed by atoms with E-state index in [1.165, 1.54) is 4.90 Å². The van der Waals surface area contributed by atoms with Gasteiger partial charge in [0.2, 0.25) is 0 Å². The molecule has 5 rings (SSSR count). The van der Waals surface area contributed by atoms with Crippen molar-refractivity contribution in [3.05, 3.63) is 35.7 Å². The largest absolute Gasteiger partial charge is 0.338 e. The molecule has 0 radical (unpaired) electrons. The zero-order valence-corrected chi connectivity index (χ0v) is 14.3. The van der Waals surface area contributed by atoms with E-state index in [0.717, 1.165) is 37.0 Å². The molecule has 3 aromatic rings. The molecule has 0 unspecified atom stereocenters. The lowest BCUT2D eigenvalue weighted by Crippen LogP contribution is -2.46. The first-order valence-electron chi connectivity index (χ1n) is 8.71. The Morgan fingerprint density at radius 2 is 1.85 bits per heavy atom. The number of fused-ring (bicyclic) bond motifs is 2. The van der Waals surface area contributed by atoms with Gasteiger partial charge < -0.3 is 9.88 Å². The fourth-order valence-corrected chi connectivity index (χ4v) is 3.86. The normalized spacial score (nSPS) is 18.9. The van der Waals surface area contributed by atoms with Gasteiger partial charge in [0.15, 0.2) is 0 Å². The number of carbonyl (C=O) groups is 2. The van der Waals surface area contributed by atoms with Crippen LogP contribution in [0.15, 0.2) is 24.5 Å². The highest BCUT2D eigenvalue weighted by molar-refractivity contribution is 6.23. The first-order valence-corrected chi connectivity index (χ1v) is 8.71. The number of aromatic nitrogens is 4. The number of carbonyl (C=O) groups excluding carboxylic acids is 2. The Kier molecular flexibility index (Phi) is 3.23. The molecule has 2 aliphatic heterocycles. The quantitative estimate of drug-likeness (QED) is 0.685. The minimum Gasteiger partial charge on any atom is -0.338 e. The Bertz CT molecular complexity index is 961. The van der Waals surface area contributed by atoms with E-state index >= 15 is 0 Å². The van der Waals surface area contributed by atoms with Gasteiger partial charge in [0, 0.05) is 12.2 Å². The van der Waals surface area contributed by atoms with E-state index < -0.39 is 0 Å². The van der Waals surface area contributed by atoms with E-state index in [0.29, 0.717) is 22.5 Å². The Morgan fingerprint density at radius 3 is 2.54 bits per heavy atom. The van der Waals surface area contributed by atoms with Gasteiger partial charge in [0.25, 0.3) is 11.8 Å². The van der Waals surface area contributed by atoms with Crippen molar-refractivity contribution in [3.8, 4) is 11.4 Å². The first-order chi connectivity index (χ1) is 12.6. The summed E-state index contributed by atoms with van der Waals surface area (Å²) in [5, 5.41) is 6.67. The molecule has 1 saturated heterocycles. The molecule has 0 aliphatic carbocycles. The molecule has 2 aliphatic rings. The van der Waals surface area contributed by atoms with Gasteiger partial charge in [-0.2, -0.15) is 5.10 Å². The number of aromatic amines is 2. The number of amides is 2. The molecule has 0 bridgehead atoms. The van der Waals surface area contributed by atoms with Crippen molar-refractivity contribution in [1.82, 2.24) is 30.0 Å². The highest BCUT2D eigenvalue weighted by atomic mass is 16.2. The smallest absolute Gasteiger partial charge is 0.261 e. The third-order valence-electron chi connectivity index (χ3n) is 5.34. The highest BCUT2D eigenvalue weighted by Gasteiger charge is 2.41. The van der Waals surface area contributed by atoms with Gasteiger partial charge in [-0.15, -0.1) is 0 Å². The maximum absolute atomic E-state index is 12.9. The monoisotopic (exact) mass is 350 g/mol. The van der Waals surface area contributed by atoms with Crippen LogP contribution in [0.1, 0.15) is 33.6 Å². The number of imide groups is 1. The van der Waals surface area contributed by atoms with Gasteiger partial charge in [-0.1, -0.05) is 0 Å². The maximum Gasteiger partial charge on any atom is 0.261 e. The number of benzene rings is 1. The summed E-state index contributed by atoms with van der Waals surface area (Å²) in [6, 6.07) is 3.45. The van der Waals surface area contributed by atoms with Crippen molar-refractivity contribution in [2.75, 3.05) is 20.1 Å². The highest BCUT2D eigenvalue weighted by Crippen LogP contribution is 2.31. The van der Waals surface area contributed by atoms with Crippen LogP contribution in [-0.4, -0.2) is 68.0 Å².